The van der Waals surface area contributed by atoms with E-state index in [2.05, 4.69) is 10.2 Å². The molecule has 0 fully saturated rings. The number of halogens is 2. The van der Waals surface area contributed by atoms with E-state index in [-0.39, 0.29) is 11.7 Å². The molecule has 16 heavy (non-hydrogen) atoms. The van der Waals surface area contributed by atoms with E-state index in [1.807, 2.05) is 0 Å². The molecule has 1 heterocycles. The molecule has 1 aromatic heterocycles. The Morgan fingerprint density at radius 2 is 2.00 bits per heavy atom. The minimum absolute atomic E-state index is 0.224. The molecule has 0 saturated carbocycles. The highest BCUT2D eigenvalue weighted by molar-refractivity contribution is 6.32. The number of hydrogen-bond acceptors (Lipinski definition) is 3. The minimum Gasteiger partial charge on any atom is -0.479 e. The van der Waals surface area contributed by atoms with Gasteiger partial charge in [-0.25, -0.2) is 4.39 Å². The van der Waals surface area contributed by atoms with Crippen molar-refractivity contribution in [2.45, 2.75) is 0 Å². The maximum absolute atomic E-state index is 13.4. The smallest absolute Gasteiger partial charge is 0.252 e. The summed E-state index contributed by atoms with van der Waals surface area (Å²) in [6.07, 6.45) is 0. The van der Waals surface area contributed by atoms with E-state index in [1.54, 1.807) is 18.2 Å². The molecule has 0 unspecified atom stereocenters. The van der Waals surface area contributed by atoms with Crippen molar-refractivity contribution in [3.05, 3.63) is 41.2 Å². The summed E-state index contributed by atoms with van der Waals surface area (Å²) < 4.78 is 18.3. The van der Waals surface area contributed by atoms with Crippen LogP contribution in [0.4, 0.5) is 4.39 Å². The molecule has 0 atom stereocenters. The molecule has 1 aromatic carbocycles. The third-order valence-electron chi connectivity index (χ3n) is 2.06. The van der Waals surface area contributed by atoms with Crippen LogP contribution in [0.1, 0.15) is 0 Å². The SMILES string of the molecule is COc1nnc(-c2ccccc2F)cc1Cl. The molecule has 2 rings (SSSR count). The molecular formula is C11H8ClFN2O. The van der Waals surface area contributed by atoms with Crippen LogP contribution >= 0.6 is 11.6 Å². The van der Waals surface area contributed by atoms with E-state index in [0.29, 0.717) is 16.3 Å². The van der Waals surface area contributed by atoms with Crippen LogP contribution in [0, 0.1) is 5.82 Å². The van der Waals surface area contributed by atoms with E-state index < -0.39 is 0 Å². The first kappa shape index (κ1) is 10.8. The molecule has 0 N–H and O–H groups in total. The molecule has 82 valence electrons. The van der Waals surface area contributed by atoms with Crippen LogP contribution < -0.4 is 4.74 Å². The first-order valence-corrected chi connectivity index (χ1v) is 4.92. The van der Waals surface area contributed by atoms with Crippen molar-refractivity contribution in [3.63, 3.8) is 0 Å². The van der Waals surface area contributed by atoms with E-state index in [1.165, 1.54) is 19.2 Å². The summed E-state index contributed by atoms with van der Waals surface area (Å²) in [5.41, 5.74) is 0.739. The molecule has 0 bridgehead atoms. The number of rotatable bonds is 2. The third kappa shape index (κ3) is 1.97. The van der Waals surface area contributed by atoms with Crippen LogP contribution in [-0.4, -0.2) is 17.3 Å². The van der Waals surface area contributed by atoms with Gasteiger partial charge in [0.25, 0.3) is 5.88 Å². The fourth-order valence-electron chi connectivity index (χ4n) is 1.30. The highest BCUT2D eigenvalue weighted by Gasteiger charge is 2.09. The lowest BCUT2D eigenvalue weighted by Crippen LogP contribution is -1.95. The quantitative estimate of drug-likeness (QED) is 0.807. The first-order chi connectivity index (χ1) is 7.72. The second-order valence-electron chi connectivity index (χ2n) is 3.07. The van der Waals surface area contributed by atoms with E-state index >= 15 is 0 Å². The molecule has 0 spiro atoms. The Hall–Kier alpha value is -1.68. The number of ether oxygens (including phenoxy) is 1. The van der Waals surface area contributed by atoms with Gasteiger partial charge in [-0.15, -0.1) is 10.2 Å². The highest BCUT2D eigenvalue weighted by atomic mass is 35.5. The van der Waals surface area contributed by atoms with Gasteiger partial charge in [-0.2, -0.15) is 0 Å². The zero-order chi connectivity index (χ0) is 11.5. The maximum Gasteiger partial charge on any atom is 0.252 e. The van der Waals surface area contributed by atoms with Crippen molar-refractivity contribution in [3.8, 4) is 17.1 Å². The summed E-state index contributed by atoms with van der Waals surface area (Å²) in [5, 5.41) is 7.89. The minimum atomic E-state index is -0.363. The van der Waals surface area contributed by atoms with Crippen LogP contribution in [-0.2, 0) is 0 Å². The third-order valence-corrected chi connectivity index (χ3v) is 2.33. The van der Waals surface area contributed by atoms with Crippen molar-refractivity contribution in [2.24, 2.45) is 0 Å². The monoisotopic (exact) mass is 238 g/mol. The van der Waals surface area contributed by atoms with Gasteiger partial charge in [-0.1, -0.05) is 23.7 Å². The number of nitrogens with zero attached hydrogens (tertiary/aromatic N) is 2. The molecule has 2 aromatic rings. The Morgan fingerprint density at radius 1 is 1.25 bits per heavy atom. The maximum atomic E-state index is 13.4. The van der Waals surface area contributed by atoms with Gasteiger partial charge in [0.15, 0.2) is 0 Å². The Labute approximate surface area is 96.8 Å². The van der Waals surface area contributed by atoms with Crippen LogP contribution in [0.15, 0.2) is 30.3 Å². The lowest BCUT2D eigenvalue weighted by Gasteiger charge is -2.04. The fraction of sp³-hybridized carbons (Fsp3) is 0.0909. The molecule has 3 nitrogen and oxygen atoms in total. The molecule has 0 aliphatic rings. The molecule has 0 amide bonds. The molecule has 0 aliphatic carbocycles. The lowest BCUT2D eigenvalue weighted by atomic mass is 10.1. The van der Waals surface area contributed by atoms with Crippen LogP contribution in [0.2, 0.25) is 5.02 Å². The summed E-state index contributed by atoms with van der Waals surface area (Å²) >= 11 is 5.88. The fourth-order valence-corrected chi connectivity index (χ4v) is 1.51. The predicted molar refractivity (Wildman–Crippen MR) is 59.0 cm³/mol. The molecular weight excluding hydrogens is 231 g/mol. The van der Waals surface area contributed by atoms with Crippen molar-refractivity contribution in [1.82, 2.24) is 10.2 Å². The summed E-state index contributed by atoms with van der Waals surface area (Å²) in [6, 6.07) is 7.82. The standard InChI is InChI=1S/C11H8ClFN2O/c1-16-11-8(12)6-10(14-15-11)7-4-2-3-5-9(7)13/h2-6H,1H3. The van der Waals surface area contributed by atoms with Crippen molar-refractivity contribution >= 4 is 11.6 Å². The Balaban J connectivity index is 2.50. The van der Waals surface area contributed by atoms with E-state index in [9.17, 15) is 4.39 Å². The molecule has 0 radical (unpaired) electrons. The Kier molecular flexibility index (Phi) is 3.01. The summed E-state index contributed by atoms with van der Waals surface area (Å²) in [7, 11) is 1.44. The zero-order valence-corrected chi connectivity index (χ0v) is 9.20. The first-order valence-electron chi connectivity index (χ1n) is 4.54. The number of benzene rings is 1. The Bertz CT molecular complexity index is 519. The van der Waals surface area contributed by atoms with E-state index in [0.717, 1.165) is 0 Å². The van der Waals surface area contributed by atoms with Gasteiger partial charge in [0, 0.05) is 5.56 Å². The molecule has 0 aliphatic heterocycles. The van der Waals surface area contributed by atoms with Gasteiger partial charge in [-0.3, -0.25) is 0 Å². The highest BCUT2D eigenvalue weighted by Crippen LogP contribution is 2.26. The van der Waals surface area contributed by atoms with Gasteiger partial charge < -0.3 is 4.74 Å². The van der Waals surface area contributed by atoms with Crippen molar-refractivity contribution < 1.29 is 9.13 Å². The van der Waals surface area contributed by atoms with Crippen molar-refractivity contribution in [1.29, 1.82) is 0 Å². The van der Waals surface area contributed by atoms with Crippen molar-refractivity contribution in [2.75, 3.05) is 7.11 Å². The van der Waals surface area contributed by atoms with Crippen LogP contribution in [0.5, 0.6) is 5.88 Å². The van der Waals surface area contributed by atoms with Gasteiger partial charge >= 0.3 is 0 Å². The summed E-state index contributed by atoms with van der Waals surface area (Å²) in [5.74, 6) is -0.139. The average molecular weight is 239 g/mol. The topological polar surface area (TPSA) is 35.0 Å². The normalized spacial score (nSPS) is 10.2. The second-order valence-corrected chi connectivity index (χ2v) is 3.47. The molecule has 5 heteroatoms. The van der Waals surface area contributed by atoms with Gasteiger partial charge in [0.05, 0.1) is 12.8 Å². The van der Waals surface area contributed by atoms with Crippen LogP contribution in [0.3, 0.4) is 0 Å². The number of aromatic nitrogens is 2. The van der Waals surface area contributed by atoms with Gasteiger partial charge in [0.1, 0.15) is 10.8 Å². The largest absolute Gasteiger partial charge is 0.479 e. The number of methoxy groups -OCH3 is 1. The van der Waals surface area contributed by atoms with Crippen LogP contribution in [0.25, 0.3) is 11.3 Å². The second kappa shape index (κ2) is 4.45. The average Bonchev–Trinajstić information content (AvgIpc) is 2.29. The zero-order valence-electron chi connectivity index (χ0n) is 8.45. The Morgan fingerprint density at radius 3 is 2.62 bits per heavy atom. The van der Waals surface area contributed by atoms with E-state index in [4.69, 9.17) is 16.3 Å². The molecule has 0 saturated heterocycles. The van der Waals surface area contributed by atoms with Gasteiger partial charge in [0.2, 0.25) is 0 Å². The predicted octanol–water partition coefficient (Wildman–Crippen LogP) is 2.94. The lowest BCUT2D eigenvalue weighted by molar-refractivity contribution is 0.392. The summed E-state index contributed by atoms with van der Waals surface area (Å²) in [6.45, 7) is 0. The number of hydrogen-bond donors (Lipinski definition) is 0. The van der Waals surface area contributed by atoms with Gasteiger partial charge in [-0.05, 0) is 18.2 Å². The summed E-state index contributed by atoms with van der Waals surface area (Å²) in [4.78, 5) is 0.